The number of hydrogen-bond donors (Lipinski definition) is 0. The van der Waals surface area contributed by atoms with Gasteiger partial charge in [0.1, 0.15) is 17.9 Å². The van der Waals surface area contributed by atoms with Crippen molar-refractivity contribution in [3.63, 3.8) is 0 Å². The van der Waals surface area contributed by atoms with Crippen molar-refractivity contribution in [2.75, 3.05) is 30.4 Å². The zero-order chi connectivity index (χ0) is 20.3. The minimum absolute atomic E-state index is 0.0478. The predicted molar refractivity (Wildman–Crippen MR) is 111 cm³/mol. The zero-order valence-electron chi connectivity index (χ0n) is 16.2. The standard InChI is InChI=1S/C20H24Cl2N4O2/c1-14-11-25(8-9-26(14)19(27)20(2,3)12-21)17-10-18(24-13-23-17)28-16-7-5-4-6-15(16)22/h4-7,10,13-14H,8-9,11-12H2,1-3H3. The lowest BCUT2D eigenvalue weighted by molar-refractivity contribution is -0.141. The molecule has 0 N–H and O–H groups in total. The summed E-state index contributed by atoms with van der Waals surface area (Å²) in [5.74, 6) is 2.11. The summed E-state index contributed by atoms with van der Waals surface area (Å²) in [6.45, 7) is 7.76. The number of para-hydroxylation sites is 1. The third-order valence-electron chi connectivity index (χ3n) is 4.80. The van der Waals surface area contributed by atoms with Gasteiger partial charge in [0, 0.05) is 37.6 Å². The van der Waals surface area contributed by atoms with Crippen LogP contribution in [0, 0.1) is 5.41 Å². The van der Waals surface area contributed by atoms with E-state index < -0.39 is 5.41 Å². The molecule has 1 atom stereocenters. The number of amides is 1. The molecule has 1 fully saturated rings. The van der Waals surface area contributed by atoms with Crippen LogP contribution in [0.5, 0.6) is 11.6 Å². The van der Waals surface area contributed by atoms with Crippen molar-refractivity contribution in [3.8, 4) is 11.6 Å². The van der Waals surface area contributed by atoms with E-state index in [4.69, 9.17) is 27.9 Å². The maximum Gasteiger partial charge on any atom is 0.229 e. The summed E-state index contributed by atoms with van der Waals surface area (Å²) in [5, 5.41) is 0.519. The summed E-state index contributed by atoms with van der Waals surface area (Å²) >= 11 is 12.1. The Morgan fingerprint density at radius 1 is 1.29 bits per heavy atom. The molecule has 1 aromatic carbocycles. The van der Waals surface area contributed by atoms with Crippen molar-refractivity contribution in [1.29, 1.82) is 0 Å². The molecular formula is C20H24Cl2N4O2. The number of hydrogen-bond acceptors (Lipinski definition) is 5. The monoisotopic (exact) mass is 422 g/mol. The second kappa shape index (κ2) is 8.53. The van der Waals surface area contributed by atoms with Crippen LogP contribution in [0.1, 0.15) is 20.8 Å². The molecule has 1 aliphatic rings. The van der Waals surface area contributed by atoms with E-state index in [0.717, 1.165) is 5.82 Å². The van der Waals surface area contributed by atoms with Crippen molar-refractivity contribution >= 4 is 34.9 Å². The first-order valence-electron chi connectivity index (χ1n) is 9.18. The van der Waals surface area contributed by atoms with Gasteiger partial charge in [0.25, 0.3) is 0 Å². The molecule has 0 bridgehead atoms. The van der Waals surface area contributed by atoms with Gasteiger partial charge in [0.2, 0.25) is 11.8 Å². The molecule has 8 heteroatoms. The van der Waals surface area contributed by atoms with E-state index in [1.807, 2.05) is 37.8 Å². The number of halogens is 2. The molecule has 1 amide bonds. The molecule has 0 spiro atoms. The van der Waals surface area contributed by atoms with Crippen LogP contribution in [0.2, 0.25) is 5.02 Å². The summed E-state index contributed by atoms with van der Waals surface area (Å²) in [7, 11) is 0. The second-order valence-corrected chi connectivity index (χ2v) is 8.23. The maximum atomic E-state index is 12.8. The maximum absolute atomic E-state index is 12.8. The zero-order valence-corrected chi connectivity index (χ0v) is 17.7. The topological polar surface area (TPSA) is 58.6 Å². The van der Waals surface area contributed by atoms with E-state index in [1.54, 1.807) is 18.2 Å². The first-order chi connectivity index (χ1) is 13.3. The van der Waals surface area contributed by atoms with Gasteiger partial charge in [-0.2, -0.15) is 0 Å². The molecule has 3 rings (SSSR count). The van der Waals surface area contributed by atoms with E-state index in [9.17, 15) is 4.79 Å². The van der Waals surface area contributed by atoms with Gasteiger partial charge in [0.05, 0.1) is 10.4 Å². The van der Waals surface area contributed by atoms with E-state index in [2.05, 4.69) is 14.9 Å². The second-order valence-electron chi connectivity index (χ2n) is 7.56. The van der Waals surface area contributed by atoms with Crippen molar-refractivity contribution in [3.05, 3.63) is 41.7 Å². The molecular weight excluding hydrogens is 399 g/mol. The van der Waals surface area contributed by atoms with Crippen molar-refractivity contribution in [2.24, 2.45) is 5.41 Å². The van der Waals surface area contributed by atoms with Crippen LogP contribution in [0.3, 0.4) is 0 Å². The first kappa shape index (κ1) is 20.7. The predicted octanol–water partition coefficient (Wildman–Crippen LogP) is 4.22. The Morgan fingerprint density at radius 2 is 2.04 bits per heavy atom. The first-order valence-corrected chi connectivity index (χ1v) is 10.1. The van der Waals surface area contributed by atoms with Gasteiger partial charge < -0.3 is 14.5 Å². The highest BCUT2D eigenvalue weighted by atomic mass is 35.5. The fraction of sp³-hybridized carbons (Fsp3) is 0.450. The molecule has 28 heavy (non-hydrogen) atoms. The van der Waals surface area contributed by atoms with E-state index in [0.29, 0.717) is 42.2 Å². The summed E-state index contributed by atoms with van der Waals surface area (Å²) < 4.78 is 5.80. The average molecular weight is 423 g/mol. The van der Waals surface area contributed by atoms with Crippen molar-refractivity contribution in [2.45, 2.75) is 26.8 Å². The van der Waals surface area contributed by atoms with Gasteiger partial charge in [-0.3, -0.25) is 4.79 Å². The number of aromatic nitrogens is 2. The fourth-order valence-corrected chi connectivity index (χ4v) is 3.40. The normalized spacial score (nSPS) is 17.5. The van der Waals surface area contributed by atoms with Crippen molar-refractivity contribution in [1.82, 2.24) is 14.9 Å². The molecule has 2 heterocycles. The third kappa shape index (κ3) is 4.50. The van der Waals surface area contributed by atoms with Gasteiger partial charge in [-0.15, -0.1) is 11.6 Å². The number of nitrogens with zero attached hydrogens (tertiary/aromatic N) is 4. The number of anilines is 1. The van der Waals surface area contributed by atoms with Gasteiger partial charge >= 0.3 is 0 Å². The molecule has 0 aliphatic carbocycles. The van der Waals surface area contributed by atoms with Crippen LogP contribution >= 0.6 is 23.2 Å². The highest BCUT2D eigenvalue weighted by Gasteiger charge is 2.36. The number of alkyl halides is 1. The lowest BCUT2D eigenvalue weighted by Gasteiger charge is -2.43. The molecule has 1 aromatic heterocycles. The summed E-state index contributed by atoms with van der Waals surface area (Å²) in [6.07, 6.45) is 1.47. The van der Waals surface area contributed by atoms with Gasteiger partial charge in [-0.25, -0.2) is 9.97 Å². The number of rotatable bonds is 5. The van der Waals surface area contributed by atoms with Crippen LogP contribution < -0.4 is 9.64 Å². The SMILES string of the molecule is CC1CN(c2cc(Oc3ccccc3Cl)ncn2)CCN1C(=O)C(C)(C)CCl. The Morgan fingerprint density at radius 3 is 2.71 bits per heavy atom. The quantitative estimate of drug-likeness (QED) is 0.674. The molecule has 150 valence electrons. The number of carbonyl (C=O) groups excluding carboxylic acids is 1. The molecule has 2 aromatic rings. The fourth-order valence-electron chi connectivity index (χ4n) is 3.11. The molecule has 1 aliphatic heterocycles. The average Bonchev–Trinajstić information content (AvgIpc) is 2.69. The van der Waals surface area contributed by atoms with Crippen LogP contribution in [-0.4, -0.2) is 52.3 Å². The highest BCUT2D eigenvalue weighted by molar-refractivity contribution is 6.32. The number of piperazine rings is 1. The minimum Gasteiger partial charge on any atom is -0.437 e. The number of carbonyl (C=O) groups is 1. The van der Waals surface area contributed by atoms with E-state index in [-0.39, 0.29) is 11.9 Å². The largest absolute Gasteiger partial charge is 0.437 e. The molecule has 1 unspecified atom stereocenters. The van der Waals surface area contributed by atoms with Crippen molar-refractivity contribution < 1.29 is 9.53 Å². The summed E-state index contributed by atoms with van der Waals surface area (Å²) in [5.41, 5.74) is -0.567. The van der Waals surface area contributed by atoms with E-state index in [1.165, 1.54) is 6.33 Å². The number of benzene rings is 1. The highest BCUT2D eigenvalue weighted by Crippen LogP contribution is 2.30. The summed E-state index contributed by atoms with van der Waals surface area (Å²) in [6, 6.07) is 9.08. The lowest BCUT2D eigenvalue weighted by atomic mass is 9.93. The third-order valence-corrected chi connectivity index (χ3v) is 5.78. The van der Waals surface area contributed by atoms with Crippen LogP contribution in [0.15, 0.2) is 36.7 Å². The van der Waals surface area contributed by atoms with Crippen LogP contribution in [-0.2, 0) is 4.79 Å². The van der Waals surface area contributed by atoms with Gasteiger partial charge in [0.15, 0.2) is 0 Å². The smallest absolute Gasteiger partial charge is 0.229 e. The van der Waals surface area contributed by atoms with Gasteiger partial charge in [-0.1, -0.05) is 23.7 Å². The molecule has 1 saturated heterocycles. The Hall–Kier alpha value is -2.05. The minimum atomic E-state index is -0.567. The number of ether oxygens (including phenoxy) is 1. The molecule has 0 radical (unpaired) electrons. The van der Waals surface area contributed by atoms with E-state index >= 15 is 0 Å². The lowest BCUT2D eigenvalue weighted by Crippen LogP contribution is -2.57. The molecule has 6 nitrogen and oxygen atoms in total. The Kier molecular flexibility index (Phi) is 6.30. The van der Waals surface area contributed by atoms with Gasteiger partial charge in [-0.05, 0) is 32.9 Å². The molecule has 0 saturated carbocycles. The van der Waals surface area contributed by atoms with Crippen LogP contribution in [0.25, 0.3) is 0 Å². The summed E-state index contributed by atoms with van der Waals surface area (Å²) in [4.78, 5) is 25.3. The van der Waals surface area contributed by atoms with Crippen LogP contribution in [0.4, 0.5) is 5.82 Å². The Balaban J connectivity index is 1.70. The Bertz CT molecular complexity index is 846. The Labute approximate surface area is 175 Å².